The molecular formula is C18H17ClN4O4. The summed E-state index contributed by atoms with van der Waals surface area (Å²) in [5.41, 5.74) is 0.392. The van der Waals surface area contributed by atoms with E-state index >= 15 is 0 Å². The smallest absolute Gasteiger partial charge is 0.274 e. The van der Waals surface area contributed by atoms with Crippen molar-refractivity contribution >= 4 is 29.1 Å². The van der Waals surface area contributed by atoms with Crippen LogP contribution in [-0.4, -0.2) is 28.2 Å². The number of halogens is 1. The minimum atomic E-state index is -0.430. The first-order valence-corrected chi connectivity index (χ1v) is 8.41. The number of amides is 2. The number of nitrogens with one attached hydrogen (secondary N) is 2. The summed E-state index contributed by atoms with van der Waals surface area (Å²) >= 11 is 5.80. The summed E-state index contributed by atoms with van der Waals surface area (Å²) in [6, 6.07) is 10.1. The number of carbonyl (C=O) groups is 2. The van der Waals surface area contributed by atoms with E-state index in [0.717, 1.165) is 0 Å². The maximum atomic E-state index is 12.3. The summed E-state index contributed by atoms with van der Waals surface area (Å²) < 4.78 is 12.0. The van der Waals surface area contributed by atoms with Crippen LogP contribution >= 0.6 is 11.6 Å². The van der Waals surface area contributed by atoms with Gasteiger partial charge in [-0.05, 0) is 36.4 Å². The van der Waals surface area contributed by atoms with Crippen LogP contribution in [0.4, 0.5) is 5.69 Å². The predicted molar refractivity (Wildman–Crippen MR) is 98.7 cm³/mol. The minimum absolute atomic E-state index is 0.101. The molecule has 2 heterocycles. The molecule has 0 atom stereocenters. The minimum Gasteiger partial charge on any atom is -0.484 e. The largest absolute Gasteiger partial charge is 0.484 e. The van der Waals surface area contributed by atoms with Crippen molar-refractivity contribution in [3.63, 3.8) is 0 Å². The van der Waals surface area contributed by atoms with Gasteiger partial charge in [-0.25, -0.2) is 0 Å². The van der Waals surface area contributed by atoms with Gasteiger partial charge < -0.3 is 19.8 Å². The molecule has 1 aromatic carbocycles. The van der Waals surface area contributed by atoms with Crippen molar-refractivity contribution in [1.82, 2.24) is 15.1 Å². The summed E-state index contributed by atoms with van der Waals surface area (Å²) in [5, 5.41) is 9.99. The normalized spacial score (nSPS) is 10.4. The van der Waals surface area contributed by atoms with Gasteiger partial charge in [-0.3, -0.25) is 14.3 Å². The van der Waals surface area contributed by atoms with Crippen LogP contribution in [-0.2, 0) is 18.4 Å². The Bertz CT molecular complexity index is 920. The number of hydrogen-bond acceptors (Lipinski definition) is 5. The van der Waals surface area contributed by atoms with Gasteiger partial charge in [0.25, 0.3) is 11.8 Å². The maximum Gasteiger partial charge on any atom is 0.274 e. The number of anilines is 1. The van der Waals surface area contributed by atoms with Gasteiger partial charge in [0.05, 0.1) is 18.5 Å². The van der Waals surface area contributed by atoms with Crippen molar-refractivity contribution in [2.24, 2.45) is 7.05 Å². The van der Waals surface area contributed by atoms with E-state index in [1.807, 2.05) is 0 Å². The first-order valence-electron chi connectivity index (χ1n) is 8.03. The standard InChI is InChI=1S/C18H17ClN4O4/c1-23-10-15(17(22-23)18(25)20-9-14-3-2-8-26-14)21-16(24)11-27-13-6-4-12(19)5-7-13/h2-8,10H,9,11H2,1H3,(H,20,25)(H,21,24). The molecule has 0 bridgehead atoms. The molecule has 8 nitrogen and oxygen atoms in total. The first-order chi connectivity index (χ1) is 13.0. The van der Waals surface area contributed by atoms with E-state index in [0.29, 0.717) is 22.2 Å². The van der Waals surface area contributed by atoms with Crippen molar-refractivity contribution in [3.8, 4) is 5.75 Å². The van der Waals surface area contributed by atoms with Gasteiger partial charge in [0.15, 0.2) is 12.3 Å². The number of rotatable bonds is 7. The molecule has 3 rings (SSSR count). The fourth-order valence-corrected chi connectivity index (χ4v) is 2.40. The van der Waals surface area contributed by atoms with Gasteiger partial charge in [-0.15, -0.1) is 0 Å². The summed E-state index contributed by atoms with van der Waals surface area (Å²) in [6.07, 6.45) is 3.07. The van der Waals surface area contributed by atoms with Crippen LogP contribution in [0, 0.1) is 0 Å². The summed E-state index contributed by atoms with van der Waals surface area (Å²) in [4.78, 5) is 24.5. The lowest BCUT2D eigenvalue weighted by atomic mass is 10.3. The quantitative estimate of drug-likeness (QED) is 0.648. The number of aromatic nitrogens is 2. The van der Waals surface area contributed by atoms with E-state index in [2.05, 4.69) is 15.7 Å². The molecule has 0 fully saturated rings. The van der Waals surface area contributed by atoms with Crippen LogP contribution < -0.4 is 15.4 Å². The Morgan fingerprint density at radius 1 is 1.26 bits per heavy atom. The lowest BCUT2D eigenvalue weighted by molar-refractivity contribution is -0.118. The third-order valence-corrected chi connectivity index (χ3v) is 3.76. The van der Waals surface area contributed by atoms with Gasteiger partial charge >= 0.3 is 0 Å². The molecule has 0 aliphatic rings. The van der Waals surface area contributed by atoms with Gasteiger partial charge in [0.2, 0.25) is 0 Å². The average Bonchev–Trinajstić information content (AvgIpc) is 3.29. The molecule has 140 valence electrons. The van der Waals surface area contributed by atoms with E-state index in [1.54, 1.807) is 49.6 Å². The number of aryl methyl sites for hydroxylation is 1. The Labute approximate surface area is 160 Å². The highest BCUT2D eigenvalue weighted by Crippen LogP contribution is 2.16. The molecular weight excluding hydrogens is 372 g/mol. The fourth-order valence-electron chi connectivity index (χ4n) is 2.28. The van der Waals surface area contributed by atoms with Crippen molar-refractivity contribution in [2.45, 2.75) is 6.54 Å². The monoisotopic (exact) mass is 388 g/mol. The van der Waals surface area contributed by atoms with Crippen LogP contribution in [0.3, 0.4) is 0 Å². The highest BCUT2D eigenvalue weighted by molar-refractivity contribution is 6.30. The van der Waals surface area contributed by atoms with Crippen molar-refractivity contribution in [2.75, 3.05) is 11.9 Å². The third-order valence-electron chi connectivity index (χ3n) is 3.50. The molecule has 0 aliphatic heterocycles. The Kier molecular flexibility index (Phi) is 5.77. The molecule has 2 N–H and O–H groups in total. The Hall–Kier alpha value is -3.26. The molecule has 2 aromatic heterocycles. The van der Waals surface area contributed by atoms with E-state index < -0.39 is 11.8 Å². The van der Waals surface area contributed by atoms with E-state index in [-0.39, 0.29) is 18.8 Å². The van der Waals surface area contributed by atoms with E-state index in [1.165, 1.54) is 10.9 Å². The lowest BCUT2D eigenvalue weighted by Gasteiger charge is -2.08. The van der Waals surface area contributed by atoms with Gasteiger partial charge in [0, 0.05) is 18.3 Å². The number of carbonyl (C=O) groups excluding carboxylic acids is 2. The van der Waals surface area contributed by atoms with Gasteiger partial charge in [0.1, 0.15) is 11.5 Å². The topological polar surface area (TPSA) is 98.4 Å². The number of ether oxygens (including phenoxy) is 1. The second-order valence-electron chi connectivity index (χ2n) is 5.62. The zero-order valence-electron chi connectivity index (χ0n) is 14.4. The Morgan fingerprint density at radius 2 is 2.04 bits per heavy atom. The number of benzene rings is 1. The number of hydrogen-bond donors (Lipinski definition) is 2. The van der Waals surface area contributed by atoms with E-state index in [4.69, 9.17) is 20.8 Å². The molecule has 0 saturated heterocycles. The summed E-state index contributed by atoms with van der Waals surface area (Å²) in [6.45, 7) is -0.000543. The van der Waals surface area contributed by atoms with Crippen LogP contribution in [0.1, 0.15) is 16.2 Å². The molecule has 3 aromatic rings. The number of furan rings is 1. The van der Waals surface area contributed by atoms with Crippen molar-refractivity contribution in [1.29, 1.82) is 0 Å². The van der Waals surface area contributed by atoms with Gasteiger partial charge in [-0.1, -0.05) is 11.6 Å². The fraction of sp³-hybridized carbons (Fsp3) is 0.167. The maximum absolute atomic E-state index is 12.3. The molecule has 0 radical (unpaired) electrons. The predicted octanol–water partition coefficient (Wildman–Crippen LogP) is 2.61. The molecule has 0 spiro atoms. The third kappa shape index (κ3) is 5.11. The zero-order valence-corrected chi connectivity index (χ0v) is 15.2. The molecule has 0 saturated carbocycles. The first kappa shape index (κ1) is 18.5. The van der Waals surface area contributed by atoms with Crippen LogP contribution in [0.2, 0.25) is 5.02 Å². The second kappa shape index (κ2) is 8.41. The van der Waals surface area contributed by atoms with Gasteiger partial charge in [-0.2, -0.15) is 5.10 Å². The van der Waals surface area contributed by atoms with Crippen LogP contribution in [0.15, 0.2) is 53.3 Å². The summed E-state index contributed by atoms with van der Waals surface area (Å²) in [5.74, 6) is 0.275. The van der Waals surface area contributed by atoms with Crippen LogP contribution in [0.25, 0.3) is 0 Å². The molecule has 2 amide bonds. The molecule has 9 heteroatoms. The Morgan fingerprint density at radius 3 is 2.74 bits per heavy atom. The Balaban J connectivity index is 1.58. The molecule has 27 heavy (non-hydrogen) atoms. The highest BCUT2D eigenvalue weighted by Gasteiger charge is 2.18. The molecule has 0 aliphatic carbocycles. The number of nitrogens with zero attached hydrogens (tertiary/aromatic N) is 2. The van der Waals surface area contributed by atoms with E-state index in [9.17, 15) is 9.59 Å². The average molecular weight is 389 g/mol. The molecule has 0 unspecified atom stereocenters. The SMILES string of the molecule is Cn1cc(NC(=O)COc2ccc(Cl)cc2)c(C(=O)NCc2ccco2)n1. The highest BCUT2D eigenvalue weighted by atomic mass is 35.5. The van der Waals surface area contributed by atoms with Crippen molar-refractivity contribution < 1.29 is 18.7 Å². The zero-order chi connectivity index (χ0) is 19.2. The van der Waals surface area contributed by atoms with Crippen LogP contribution in [0.5, 0.6) is 5.75 Å². The summed E-state index contributed by atoms with van der Waals surface area (Å²) in [7, 11) is 1.66. The lowest BCUT2D eigenvalue weighted by Crippen LogP contribution is -2.26. The van der Waals surface area contributed by atoms with Crippen molar-refractivity contribution in [3.05, 3.63) is 65.3 Å². The second-order valence-corrected chi connectivity index (χ2v) is 6.05.